The molecular formula is C26H32N2O5. The van der Waals surface area contributed by atoms with Crippen LogP contribution in [0, 0.1) is 0 Å². The van der Waals surface area contributed by atoms with Crippen LogP contribution >= 0.6 is 0 Å². The van der Waals surface area contributed by atoms with Crippen LogP contribution in [-0.4, -0.2) is 37.4 Å². The quantitative estimate of drug-likeness (QED) is 0.334. The van der Waals surface area contributed by atoms with E-state index in [1.54, 1.807) is 48.5 Å². The summed E-state index contributed by atoms with van der Waals surface area (Å²) in [6.45, 7) is 2.93. The Morgan fingerprint density at radius 1 is 0.970 bits per heavy atom. The lowest BCUT2D eigenvalue weighted by Crippen LogP contribution is -2.28. The van der Waals surface area contributed by atoms with Crippen LogP contribution in [0.2, 0.25) is 0 Å². The number of nitrogen functional groups attached to an aromatic ring is 2. The second-order valence-corrected chi connectivity index (χ2v) is 8.14. The molecule has 3 rings (SSSR count). The van der Waals surface area contributed by atoms with Gasteiger partial charge in [0.1, 0.15) is 6.10 Å². The van der Waals surface area contributed by atoms with Crippen molar-refractivity contribution < 1.29 is 23.8 Å². The fraction of sp³-hybridized carbons (Fsp3) is 0.385. The van der Waals surface area contributed by atoms with E-state index in [9.17, 15) is 9.59 Å². The molecule has 0 radical (unpaired) electrons. The number of anilines is 2. The van der Waals surface area contributed by atoms with E-state index in [-0.39, 0.29) is 24.8 Å². The summed E-state index contributed by atoms with van der Waals surface area (Å²) in [5.74, 6) is -0.773. The van der Waals surface area contributed by atoms with E-state index in [1.807, 2.05) is 6.92 Å². The molecule has 0 saturated heterocycles. The van der Waals surface area contributed by atoms with Gasteiger partial charge in [0.25, 0.3) is 0 Å². The van der Waals surface area contributed by atoms with Gasteiger partial charge < -0.3 is 25.7 Å². The lowest BCUT2D eigenvalue weighted by atomic mass is 9.95. The largest absolute Gasteiger partial charge is 0.462 e. The number of carbonyl (C=O) groups is 2. The Bertz CT molecular complexity index is 943. The van der Waals surface area contributed by atoms with Gasteiger partial charge in [0, 0.05) is 30.5 Å². The number of hydrogen-bond acceptors (Lipinski definition) is 7. The van der Waals surface area contributed by atoms with Gasteiger partial charge in [-0.2, -0.15) is 0 Å². The van der Waals surface area contributed by atoms with E-state index < -0.39 is 5.97 Å². The molecule has 1 fully saturated rings. The molecule has 0 amide bonds. The summed E-state index contributed by atoms with van der Waals surface area (Å²) in [7, 11) is 0. The SMILES string of the molecule is CCOC1CCC(OC(=O)c2ccc(C=CC(=O)OCCc3cc(N)cc(N)c3)cc2)CC1. The zero-order valence-electron chi connectivity index (χ0n) is 19.0. The number of hydrogen-bond donors (Lipinski definition) is 2. The highest BCUT2D eigenvalue weighted by Gasteiger charge is 2.24. The van der Waals surface area contributed by atoms with Crippen LogP contribution in [-0.2, 0) is 25.4 Å². The lowest BCUT2D eigenvalue weighted by Gasteiger charge is -2.28. The van der Waals surface area contributed by atoms with Crippen molar-refractivity contribution >= 4 is 29.4 Å². The van der Waals surface area contributed by atoms with Crippen LogP contribution in [0.1, 0.15) is 54.1 Å². The minimum Gasteiger partial charge on any atom is -0.462 e. The zero-order valence-corrected chi connectivity index (χ0v) is 19.0. The van der Waals surface area contributed by atoms with Crippen molar-refractivity contribution in [1.82, 2.24) is 0 Å². The fourth-order valence-corrected chi connectivity index (χ4v) is 3.87. The topological polar surface area (TPSA) is 114 Å². The third-order valence-corrected chi connectivity index (χ3v) is 5.53. The number of esters is 2. The van der Waals surface area contributed by atoms with Gasteiger partial charge >= 0.3 is 11.9 Å². The molecule has 0 atom stereocenters. The molecule has 0 unspecified atom stereocenters. The van der Waals surface area contributed by atoms with Crippen molar-refractivity contribution in [2.24, 2.45) is 0 Å². The Morgan fingerprint density at radius 3 is 2.24 bits per heavy atom. The molecule has 7 nitrogen and oxygen atoms in total. The van der Waals surface area contributed by atoms with Crippen LogP contribution in [0.4, 0.5) is 11.4 Å². The summed E-state index contributed by atoms with van der Waals surface area (Å²) in [6.07, 6.45) is 7.22. The molecule has 33 heavy (non-hydrogen) atoms. The average molecular weight is 453 g/mol. The van der Waals surface area contributed by atoms with Gasteiger partial charge in [0.05, 0.1) is 18.3 Å². The Kier molecular flexibility index (Phi) is 8.89. The van der Waals surface area contributed by atoms with E-state index in [0.717, 1.165) is 36.8 Å². The second kappa shape index (κ2) is 12.1. The smallest absolute Gasteiger partial charge is 0.338 e. The van der Waals surface area contributed by atoms with Gasteiger partial charge in [-0.25, -0.2) is 9.59 Å². The maximum absolute atomic E-state index is 12.4. The number of nitrogens with two attached hydrogens (primary N) is 2. The van der Waals surface area contributed by atoms with Gasteiger partial charge in [-0.1, -0.05) is 12.1 Å². The third kappa shape index (κ3) is 7.95. The second-order valence-electron chi connectivity index (χ2n) is 8.14. The average Bonchev–Trinajstić information content (AvgIpc) is 2.79. The molecule has 0 heterocycles. The first-order chi connectivity index (χ1) is 15.9. The number of benzene rings is 2. The van der Waals surface area contributed by atoms with Crippen LogP contribution in [0.25, 0.3) is 6.08 Å². The van der Waals surface area contributed by atoms with Crippen LogP contribution in [0.15, 0.2) is 48.5 Å². The number of ether oxygens (including phenoxy) is 3. The number of carbonyl (C=O) groups excluding carboxylic acids is 2. The van der Waals surface area contributed by atoms with Crippen molar-refractivity contribution in [2.75, 3.05) is 24.7 Å². The molecule has 7 heteroatoms. The molecule has 2 aromatic carbocycles. The fourth-order valence-electron chi connectivity index (χ4n) is 3.87. The van der Waals surface area contributed by atoms with Crippen molar-refractivity contribution in [3.05, 3.63) is 65.2 Å². The standard InChI is InChI=1S/C26H32N2O5/c1-2-31-23-8-10-24(11-9-23)33-26(30)20-6-3-18(4-7-20)5-12-25(29)32-14-13-19-15-21(27)17-22(28)16-19/h3-7,12,15-17,23-24H,2,8-11,13-14,27-28H2,1H3. The summed E-state index contributed by atoms with van der Waals surface area (Å²) < 4.78 is 16.5. The van der Waals surface area contributed by atoms with E-state index in [4.69, 9.17) is 25.7 Å². The molecule has 0 aliphatic heterocycles. The first-order valence-electron chi connectivity index (χ1n) is 11.4. The van der Waals surface area contributed by atoms with Gasteiger partial charge in [0.15, 0.2) is 0 Å². The van der Waals surface area contributed by atoms with Crippen molar-refractivity contribution in [1.29, 1.82) is 0 Å². The molecule has 4 N–H and O–H groups in total. The first kappa shape index (κ1) is 24.3. The maximum atomic E-state index is 12.4. The zero-order chi connectivity index (χ0) is 23.6. The van der Waals surface area contributed by atoms with Gasteiger partial charge in [-0.15, -0.1) is 0 Å². The van der Waals surface area contributed by atoms with Crippen LogP contribution < -0.4 is 11.5 Å². The van der Waals surface area contributed by atoms with Crippen molar-refractivity contribution in [2.45, 2.75) is 51.2 Å². The summed E-state index contributed by atoms with van der Waals surface area (Å²) in [6, 6.07) is 12.2. The molecule has 0 aromatic heterocycles. The third-order valence-electron chi connectivity index (χ3n) is 5.53. The van der Waals surface area contributed by atoms with E-state index in [1.165, 1.54) is 6.08 Å². The van der Waals surface area contributed by atoms with Gasteiger partial charge in [-0.05, 0) is 80.1 Å². The summed E-state index contributed by atoms with van der Waals surface area (Å²) in [4.78, 5) is 24.4. The highest BCUT2D eigenvalue weighted by Crippen LogP contribution is 2.24. The van der Waals surface area contributed by atoms with Crippen LogP contribution in [0.5, 0.6) is 0 Å². The van der Waals surface area contributed by atoms with Crippen LogP contribution in [0.3, 0.4) is 0 Å². The molecular weight excluding hydrogens is 420 g/mol. The molecule has 1 saturated carbocycles. The molecule has 1 aliphatic rings. The molecule has 1 aliphatic carbocycles. The van der Waals surface area contributed by atoms with Gasteiger partial charge in [0.2, 0.25) is 0 Å². The van der Waals surface area contributed by atoms with Crippen molar-refractivity contribution in [3.63, 3.8) is 0 Å². The first-order valence-corrected chi connectivity index (χ1v) is 11.4. The Balaban J connectivity index is 1.41. The predicted octanol–water partition coefficient (Wildman–Crippen LogP) is 4.15. The molecule has 2 aromatic rings. The van der Waals surface area contributed by atoms with E-state index in [0.29, 0.717) is 30.0 Å². The monoisotopic (exact) mass is 452 g/mol. The Labute approximate surface area is 194 Å². The number of rotatable bonds is 9. The molecule has 176 valence electrons. The van der Waals surface area contributed by atoms with Crippen molar-refractivity contribution in [3.8, 4) is 0 Å². The summed E-state index contributed by atoms with van der Waals surface area (Å²) in [5, 5.41) is 0. The highest BCUT2D eigenvalue weighted by atomic mass is 16.5. The van der Waals surface area contributed by atoms with E-state index >= 15 is 0 Å². The maximum Gasteiger partial charge on any atom is 0.338 e. The molecule has 0 spiro atoms. The Hall–Kier alpha value is -3.32. The Morgan fingerprint density at radius 2 is 1.61 bits per heavy atom. The minimum absolute atomic E-state index is 0.0627. The molecule has 0 bridgehead atoms. The summed E-state index contributed by atoms with van der Waals surface area (Å²) >= 11 is 0. The normalized spacial score (nSPS) is 18.2. The lowest BCUT2D eigenvalue weighted by molar-refractivity contribution is -0.137. The highest BCUT2D eigenvalue weighted by molar-refractivity contribution is 5.90. The van der Waals surface area contributed by atoms with E-state index in [2.05, 4.69) is 0 Å². The predicted molar refractivity (Wildman–Crippen MR) is 128 cm³/mol. The van der Waals surface area contributed by atoms with Gasteiger partial charge in [-0.3, -0.25) is 0 Å². The summed E-state index contributed by atoms with van der Waals surface area (Å²) in [5.41, 5.74) is 14.9. The minimum atomic E-state index is -0.446.